The van der Waals surface area contributed by atoms with Crippen molar-refractivity contribution in [2.75, 3.05) is 0 Å². The van der Waals surface area contributed by atoms with Gasteiger partial charge < -0.3 is 5.32 Å². The first-order valence-corrected chi connectivity index (χ1v) is 9.13. The number of aryl methyl sites for hydroxylation is 2. The van der Waals surface area contributed by atoms with Crippen LogP contribution in [0.2, 0.25) is 0 Å². The van der Waals surface area contributed by atoms with Crippen LogP contribution >= 0.6 is 11.8 Å². The maximum absolute atomic E-state index is 13.6. The number of fused-ring (bicyclic) bond motifs is 1. The first-order chi connectivity index (χ1) is 12.4. The van der Waals surface area contributed by atoms with Crippen LogP contribution in [0.25, 0.3) is 5.78 Å². The van der Waals surface area contributed by atoms with Gasteiger partial charge in [0.05, 0.1) is 5.25 Å². The number of hydrogen-bond acceptors (Lipinski definition) is 5. The van der Waals surface area contributed by atoms with E-state index in [-0.39, 0.29) is 18.3 Å². The molecule has 1 unspecified atom stereocenters. The molecule has 2 aromatic heterocycles. The van der Waals surface area contributed by atoms with E-state index in [0.29, 0.717) is 16.5 Å². The number of halogens is 1. The van der Waals surface area contributed by atoms with Crippen LogP contribution in [0.5, 0.6) is 0 Å². The monoisotopic (exact) mass is 373 g/mol. The summed E-state index contributed by atoms with van der Waals surface area (Å²) in [5, 5.41) is 7.25. The second kappa shape index (κ2) is 7.41. The highest BCUT2D eigenvalue weighted by molar-refractivity contribution is 8.00. The summed E-state index contributed by atoms with van der Waals surface area (Å²) in [6.45, 7) is 7.80. The topological polar surface area (TPSA) is 72.2 Å². The van der Waals surface area contributed by atoms with Crippen molar-refractivity contribution in [3.8, 4) is 0 Å². The van der Waals surface area contributed by atoms with E-state index in [1.807, 2.05) is 20.8 Å². The van der Waals surface area contributed by atoms with E-state index < -0.39 is 5.25 Å². The Hall–Kier alpha value is -2.48. The van der Waals surface area contributed by atoms with E-state index in [9.17, 15) is 9.18 Å². The standard InChI is InChI=1S/C18H20FN5OS/c1-10-11(2)21-17-22-18(23-24(17)12(10)3)26-13(4)16(25)20-9-14-7-5-6-8-15(14)19/h5-8,13H,9H2,1-4H3,(H,20,25). The molecule has 0 aliphatic carbocycles. The predicted octanol–water partition coefficient (Wildman–Crippen LogP) is 2.99. The second-order valence-corrected chi connectivity index (χ2v) is 7.39. The number of amides is 1. The molecule has 0 aliphatic rings. The molecule has 1 amide bonds. The fraction of sp³-hybridized carbons (Fsp3) is 0.333. The molecule has 1 atom stereocenters. The van der Waals surface area contributed by atoms with Gasteiger partial charge in [0.2, 0.25) is 11.1 Å². The molecule has 1 N–H and O–H groups in total. The smallest absolute Gasteiger partial charge is 0.253 e. The third-order valence-corrected chi connectivity index (χ3v) is 5.26. The maximum Gasteiger partial charge on any atom is 0.253 e. The van der Waals surface area contributed by atoms with Crippen LogP contribution in [-0.4, -0.2) is 30.7 Å². The molecule has 0 saturated carbocycles. The van der Waals surface area contributed by atoms with Crippen LogP contribution in [0.1, 0.15) is 29.4 Å². The Kier molecular flexibility index (Phi) is 5.22. The van der Waals surface area contributed by atoms with Crippen molar-refractivity contribution in [2.24, 2.45) is 0 Å². The van der Waals surface area contributed by atoms with Gasteiger partial charge in [-0.05, 0) is 39.3 Å². The van der Waals surface area contributed by atoms with Crippen molar-refractivity contribution in [3.63, 3.8) is 0 Å². The summed E-state index contributed by atoms with van der Waals surface area (Å²) in [5.74, 6) is -0.0105. The molecule has 8 heteroatoms. The van der Waals surface area contributed by atoms with E-state index in [4.69, 9.17) is 0 Å². The van der Waals surface area contributed by atoms with E-state index in [1.165, 1.54) is 17.8 Å². The molecule has 0 bridgehead atoms. The Morgan fingerprint density at radius 1 is 1.27 bits per heavy atom. The molecule has 0 aliphatic heterocycles. The highest BCUT2D eigenvalue weighted by Crippen LogP contribution is 2.22. The Morgan fingerprint density at radius 2 is 2.00 bits per heavy atom. The number of carbonyl (C=O) groups excluding carboxylic acids is 1. The summed E-state index contributed by atoms with van der Waals surface area (Å²) < 4.78 is 15.3. The van der Waals surface area contributed by atoms with Gasteiger partial charge >= 0.3 is 0 Å². The van der Waals surface area contributed by atoms with Crippen molar-refractivity contribution in [1.29, 1.82) is 0 Å². The van der Waals surface area contributed by atoms with Crippen LogP contribution in [0, 0.1) is 26.6 Å². The van der Waals surface area contributed by atoms with Crippen LogP contribution in [0.15, 0.2) is 29.4 Å². The summed E-state index contributed by atoms with van der Waals surface area (Å²) in [5.41, 5.74) is 3.41. The molecule has 0 saturated heterocycles. The number of benzene rings is 1. The Labute approximate surface area is 155 Å². The molecule has 1 aromatic carbocycles. The Morgan fingerprint density at radius 3 is 2.73 bits per heavy atom. The first-order valence-electron chi connectivity index (χ1n) is 8.25. The molecular formula is C18H20FN5OS. The normalized spacial score (nSPS) is 12.3. The second-order valence-electron chi connectivity index (χ2n) is 6.08. The van der Waals surface area contributed by atoms with Crippen molar-refractivity contribution in [3.05, 3.63) is 52.6 Å². The summed E-state index contributed by atoms with van der Waals surface area (Å²) >= 11 is 1.25. The molecule has 2 heterocycles. The molecule has 6 nitrogen and oxygen atoms in total. The van der Waals surface area contributed by atoms with E-state index in [2.05, 4.69) is 20.4 Å². The molecule has 0 fully saturated rings. The van der Waals surface area contributed by atoms with Gasteiger partial charge in [-0.15, -0.1) is 5.10 Å². The van der Waals surface area contributed by atoms with Gasteiger partial charge in [0, 0.05) is 23.5 Å². The number of thioether (sulfide) groups is 1. The van der Waals surface area contributed by atoms with Crippen LogP contribution in [0.4, 0.5) is 4.39 Å². The minimum atomic E-state index is -0.415. The van der Waals surface area contributed by atoms with Crippen molar-refractivity contribution in [2.45, 2.75) is 44.6 Å². The van der Waals surface area contributed by atoms with Gasteiger partial charge in [0.1, 0.15) is 5.82 Å². The minimum absolute atomic E-state index is 0.147. The summed E-state index contributed by atoms with van der Waals surface area (Å²) in [6, 6.07) is 6.38. The van der Waals surface area contributed by atoms with Crippen molar-refractivity contribution >= 4 is 23.4 Å². The van der Waals surface area contributed by atoms with Gasteiger partial charge in [0.25, 0.3) is 5.78 Å². The number of carbonyl (C=O) groups is 1. The van der Waals surface area contributed by atoms with Crippen LogP contribution < -0.4 is 5.32 Å². The van der Waals surface area contributed by atoms with Gasteiger partial charge in [-0.3, -0.25) is 4.79 Å². The molecule has 26 heavy (non-hydrogen) atoms. The lowest BCUT2D eigenvalue weighted by Crippen LogP contribution is -2.30. The zero-order valence-electron chi connectivity index (χ0n) is 15.1. The van der Waals surface area contributed by atoms with E-state index in [0.717, 1.165) is 17.0 Å². The lowest BCUT2D eigenvalue weighted by atomic mass is 10.2. The molecule has 0 spiro atoms. The van der Waals surface area contributed by atoms with Gasteiger partial charge in [-0.1, -0.05) is 30.0 Å². The van der Waals surface area contributed by atoms with Crippen molar-refractivity contribution < 1.29 is 9.18 Å². The highest BCUT2D eigenvalue weighted by Gasteiger charge is 2.19. The molecule has 3 rings (SSSR count). The zero-order chi connectivity index (χ0) is 18.8. The Balaban J connectivity index is 1.68. The molecule has 0 radical (unpaired) electrons. The largest absolute Gasteiger partial charge is 0.351 e. The lowest BCUT2D eigenvalue weighted by Gasteiger charge is -2.10. The number of rotatable bonds is 5. The third kappa shape index (κ3) is 3.70. The average Bonchev–Trinajstić information content (AvgIpc) is 3.01. The SMILES string of the molecule is Cc1nc2nc(SC(C)C(=O)NCc3ccccc3F)nn2c(C)c1C. The van der Waals surface area contributed by atoms with Crippen molar-refractivity contribution in [1.82, 2.24) is 24.9 Å². The quantitative estimate of drug-likeness (QED) is 0.696. The number of hydrogen-bond donors (Lipinski definition) is 1. The summed E-state index contributed by atoms with van der Waals surface area (Å²) in [4.78, 5) is 21.1. The van der Waals surface area contributed by atoms with Crippen LogP contribution in [-0.2, 0) is 11.3 Å². The maximum atomic E-state index is 13.6. The average molecular weight is 373 g/mol. The fourth-order valence-corrected chi connectivity index (χ4v) is 3.24. The minimum Gasteiger partial charge on any atom is -0.351 e. The Bertz CT molecular complexity index is 972. The van der Waals surface area contributed by atoms with Gasteiger partial charge in [-0.2, -0.15) is 4.98 Å². The third-order valence-electron chi connectivity index (χ3n) is 4.30. The highest BCUT2D eigenvalue weighted by atomic mass is 32.2. The fourth-order valence-electron chi connectivity index (χ4n) is 2.47. The van der Waals surface area contributed by atoms with Gasteiger partial charge in [0.15, 0.2) is 0 Å². The number of nitrogens with one attached hydrogen (secondary N) is 1. The predicted molar refractivity (Wildman–Crippen MR) is 98.6 cm³/mol. The van der Waals surface area contributed by atoms with Gasteiger partial charge in [-0.25, -0.2) is 13.9 Å². The summed E-state index contributed by atoms with van der Waals surface area (Å²) in [6.07, 6.45) is 0. The molecule has 136 valence electrons. The van der Waals surface area contributed by atoms with E-state index >= 15 is 0 Å². The lowest BCUT2D eigenvalue weighted by molar-refractivity contribution is -0.120. The number of aromatic nitrogens is 4. The number of nitrogens with zero attached hydrogens (tertiary/aromatic N) is 4. The first kappa shape index (κ1) is 18.3. The van der Waals surface area contributed by atoms with E-state index in [1.54, 1.807) is 29.6 Å². The van der Waals surface area contributed by atoms with Crippen LogP contribution in [0.3, 0.4) is 0 Å². The molecular weight excluding hydrogens is 353 g/mol. The molecule has 3 aromatic rings. The summed E-state index contributed by atoms with van der Waals surface area (Å²) in [7, 11) is 0. The zero-order valence-corrected chi connectivity index (χ0v) is 15.9.